The zero-order valence-corrected chi connectivity index (χ0v) is 16.0. The number of nitrogens with zero attached hydrogens (tertiary/aromatic N) is 5. The van der Waals surface area contributed by atoms with Gasteiger partial charge in [0.15, 0.2) is 24.1 Å². The smallest absolute Gasteiger partial charge is 0.406 e. The fourth-order valence-electron chi connectivity index (χ4n) is 3.59. The molecule has 30 heavy (non-hydrogen) atoms. The Balaban J connectivity index is 1.67. The van der Waals surface area contributed by atoms with Gasteiger partial charge in [-0.3, -0.25) is 4.79 Å². The van der Waals surface area contributed by atoms with E-state index < -0.39 is 12.5 Å². The molecule has 1 aromatic carbocycles. The Bertz CT molecular complexity index is 961. The van der Waals surface area contributed by atoms with Crippen molar-refractivity contribution in [2.45, 2.75) is 25.4 Å². The molecule has 11 heteroatoms. The van der Waals surface area contributed by atoms with E-state index in [4.69, 9.17) is 0 Å². The number of anilines is 2. The minimum absolute atomic E-state index is 0.214. The first-order chi connectivity index (χ1) is 14.3. The number of aldehydes is 1. The Morgan fingerprint density at radius 3 is 2.47 bits per heavy atom. The lowest BCUT2D eigenvalue weighted by molar-refractivity contribution is -0.274. The highest BCUT2D eigenvalue weighted by molar-refractivity contribution is 6.02. The van der Waals surface area contributed by atoms with Crippen molar-refractivity contribution in [2.24, 2.45) is 0 Å². The average molecular weight is 421 g/mol. The number of likely N-dealkylation sites (N-methyl/N-ethyl adjacent to an activating group) is 1. The number of urea groups is 1. The van der Waals surface area contributed by atoms with Crippen LogP contribution in [0.3, 0.4) is 0 Å². The number of alkyl halides is 3. The molecule has 1 aromatic heterocycles. The molecular weight excluding hydrogens is 403 g/mol. The topological polar surface area (TPSA) is 78.9 Å². The summed E-state index contributed by atoms with van der Waals surface area (Å²) in [4.78, 5) is 38.1. The van der Waals surface area contributed by atoms with Crippen LogP contribution in [0, 0.1) is 0 Å². The second-order valence-electron chi connectivity index (χ2n) is 6.98. The predicted octanol–water partition coefficient (Wildman–Crippen LogP) is 3.04. The van der Waals surface area contributed by atoms with Crippen LogP contribution in [0.15, 0.2) is 30.5 Å². The van der Waals surface area contributed by atoms with E-state index in [9.17, 15) is 22.8 Å². The largest absolute Gasteiger partial charge is 0.573 e. The zero-order valence-electron chi connectivity index (χ0n) is 16.0. The summed E-state index contributed by atoms with van der Waals surface area (Å²) in [5.74, 6) is 0.137. The molecule has 0 bridgehead atoms. The van der Waals surface area contributed by atoms with Gasteiger partial charge < -0.3 is 14.5 Å². The Kier molecular flexibility index (Phi) is 4.96. The lowest BCUT2D eigenvalue weighted by Crippen LogP contribution is -2.51. The number of carbonyl (C=O) groups is 2. The molecule has 1 saturated heterocycles. The molecular formula is C19H18F3N5O3. The molecule has 2 aromatic rings. The van der Waals surface area contributed by atoms with E-state index in [0.29, 0.717) is 30.6 Å². The molecule has 0 saturated carbocycles. The highest BCUT2D eigenvalue weighted by Gasteiger charge is 2.41. The van der Waals surface area contributed by atoms with E-state index in [1.165, 1.54) is 23.2 Å². The minimum Gasteiger partial charge on any atom is -0.406 e. The highest BCUT2D eigenvalue weighted by Crippen LogP contribution is 2.38. The Labute approximate surface area is 169 Å². The van der Waals surface area contributed by atoms with Gasteiger partial charge in [0.2, 0.25) is 0 Å². The van der Waals surface area contributed by atoms with E-state index in [0.717, 1.165) is 25.0 Å². The summed E-state index contributed by atoms with van der Waals surface area (Å²) in [7, 11) is 1.67. The van der Waals surface area contributed by atoms with Crippen molar-refractivity contribution in [2.75, 3.05) is 29.9 Å². The SMILES string of the molecule is CN1c2cnc(-c3ccc(OC(F)(F)F)cc3)nc2N(C(=O)N2CCCC2)C1C=O. The maximum Gasteiger partial charge on any atom is 0.573 e. The molecule has 2 aliphatic heterocycles. The molecule has 0 spiro atoms. The van der Waals surface area contributed by atoms with Crippen molar-refractivity contribution >= 4 is 23.8 Å². The lowest BCUT2D eigenvalue weighted by atomic mass is 10.2. The molecule has 0 radical (unpaired) electrons. The summed E-state index contributed by atoms with van der Waals surface area (Å²) in [6.07, 6.45) is -1.68. The van der Waals surface area contributed by atoms with Crippen LogP contribution in [-0.4, -0.2) is 59.9 Å². The van der Waals surface area contributed by atoms with Gasteiger partial charge in [0.1, 0.15) is 11.4 Å². The van der Waals surface area contributed by atoms with E-state index in [1.807, 2.05) is 0 Å². The van der Waals surface area contributed by atoms with Gasteiger partial charge in [-0.05, 0) is 37.1 Å². The van der Waals surface area contributed by atoms with Crippen LogP contribution in [0.2, 0.25) is 0 Å². The van der Waals surface area contributed by atoms with Crippen molar-refractivity contribution in [3.8, 4) is 17.1 Å². The van der Waals surface area contributed by atoms with Crippen LogP contribution in [0.25, 0.3) is 11.4 Å². The molecule has 1 unspecified atom stereocenters. The Hall–Kier alpha value is -3.37. The van der Waals surface area contributed by atoms with E-state index in [1.54, 1.807) is 16.8 Å². The number of hydrogen-bond donors (Lipinski definition) is 0. The standard InChI is InChI=1S/C19H18F3N5O3/c1-25-14-10-23-16(12-4-6-13(7-5-12)30-19(20,21)22)24-17(14)27(15(25)11-28)18(29)26-8-2-3-9-26/h4-7,10-11,15H,2-3,8-9H2,1H3. The first-order valence-corrected chi connectivity index (χ1v) is 9.28. The van der Waals surface area contributed by atoms with Crippen LogP contribution in [-0.2, 0) is 4.79 Å². The number of carbonyl (C=O) groups excluding carboxylic acids is 2. The van der Waals surface area contributed by atoms with Crippen molar-refractivity contribution in [1.82, 2.24) is 14.9 Å². The quantitative estimate of drug-likeness (QED) is 0.709. The van der Waals surface area contributed by atoms with Crippen LogP contribution in [0.4, 0.5) is 29.5 Å². The van der Waals surface area contributed by atoms with Crippen molar-refractivity contribution in [3.05, 3.63) is 30.5 Å². The van der Waals surface area contributed by atoms with Gasteiger partial charge in [-0.1, -0.05) is 0 Å². The summed E-state index contributed by atoms with van der Waals surface area (Å²) in [5, 5.41) is 0. The predicted molar refractivity (Wildman–Crippen MR) is 101 cm³/mol. The summed E-state index contributed by atoms with van der Waals surface area (Å²) < 4.78 is 40.9. The maximum absolute atomic E-state index is 13.0. The number of amides is 2. The number of hydrogen-bond acceptors (Lipinski definition) is 6. The molecule has 0 aliphatic carbocycles. The molecule has 158 valence electrons. The molecule has 1 fully saturated rings. The third-order valence-electron chi connectivity index (χ3n) is 5.07. The Morgan fingerprint density at radius 1 is 1.20 bits per heavy atom. The molecule has 3 heterocycles. The van der Waals surface area contributed by atoms with E-state index in [2.05, 4.69) is 14.7 Å². The number of ether oxygens (including phenoxy) is 1. The average Bonchev–Trinajstić information content (AvgIpc) is 3.33. The molecule has 4 rings (SSSR count). The van der Waals surface area contributed by atoms with Gasteiger partial charge in [0.05, 0.1) is 6.20 Å². The lowest BCUT2D eigenvalue weighted by Gasteiger charge is -2.28. The van der Waals surface area contributed by atoms with E-state index in [-0.39, 0.29) is 23.4 Å². The zero-order chi connectivity index (χ0) is 21.5. The van der Waals surface area contributed by atoms with Crippen molar-refractivity contribution in [1.29, 1.82) is 0 Å². The third kappa shape index (κ3) is 3.62. The fourth-order valence-corrected chi connectivity index (χ4v) is 3.59. The molecule has 1 atom stereocenters. The van der Waals surface area contributed by atoms with Gasteiger partial charge in [-0.2, -0.15) is 0 Å². The van der Waals surface area contributed by atoms with Gasteiger partial charge in [-0.25, -0.2) is 19.7 Å². The highest BCUT2D eigenvalue weighted by atomic mass is 19.4. The second-order valence-corrected chi connectivity index (χ2v) is 6.98. The number of likely N-dealkylation sites (tertiary alicyclic amines) is 1. The van der Waals surface area contributed by atoms with E-state index >= 15 is 0 Å². The first-order valence-electron chi connectivity index (χ1n) is 9.28. The van der Waals surface area contributed by atoms with Crippen LogP contribution < -0.4 is 14.5 Å². The third-order valence-corrected chi connectivity index (χ3v) is 5.07. The number of aromatic nitrogens is 2. The minimum atomic E-state index is -4.78. The molecule has 2 aliphatic rings. The summed E-state index contributed by atoms with van der Waals surface area (Å²) in [6.45, 7) is 1.22. The monoisotopic (exact) mass is 421 g/mol. The number of benzene rings is 1. The number of rotatable bonds is 3. The maximum atomic E-state index is 13.0. The summed E-state index contributed by atoms with van der Waals surface area (Å²) >= 11 is 0. The Morgan fingerprint density at radius 2 is 1.87 bits per heavy atom. The molecule has 0 N–H and O–H groups in total. The van der Waals surface area contributed by atoms with Gasteiger partial charge in [-0.15, -0.1) is 13.2 Å². The molecule has 2 amide bonds. The molecule has 8 nitrogen and oxygen atoms in total. The summed E-state index contributed by atoms with van der Waals surface area (Å²) in [5.41, 5.74) is 0.957. The van der Waals surface area contributed by atoms with Crippen LogP contribution in [0.5, 0.6) is 5.75 Å². The van der Waals surface area contributed by atoms with Crippen LogP contribution in [0.1, 0.15) is 12.8 Å². The van der Waals surface area contributed by atoms with Crippen molar-refractivity contribution in [3.63, 3.8) is 0 Å². The van der Waals surface area contributed by atoms with Crippen molar-refractivity contribution < 1.29 is 27.5 Å². The first kappa shape index (κ1) is 19.9. The number of halogens is 3. The van der Waals surface area contributed by atoms with Crippen LogP contribution >= 0.6 is 0 Å². The van der Waals surface area contributed by atoms with Gasteiger partial charge >= 0.3 is 12.4 Å². The fraction of sp³-hybridized carbons (Fsp3) is 0.368. The van der Waals surface area contributed by atoms with Gasteiger partial charge in [0, 0.05) is 25.7 Å². The normalized spacial score (nSPS) is 18.5. The number of fused-ring (bicyclic) bond motifs is 1. The summed E-state index contributed by atoms with van der Waals surface area (Å²) in [6, 6.07) is 4.80. The van der Waals surface area contributed by atoms with Gasteiger partial charge in [0.25, 0.3) is 0 Å². The second kappa shape index (κ2) is 7.47.